The van der Waals surface area contributed by atoms with Gasteiger partial charge >= 0.3 is 0 Å². The number of rotatable bonds is 5. The van der Waals surface area contributed by atoms with Crippen LogP contribution in [-0.4, -0.2) is 20.3 Å². The number of hydrogen-bond donors (Lipinski definition) is 1. The molecule has 1 N–H and O–H groups in total. The Morgan fingerprint density at radius 3 is 2.85 bits per heavy atom. The predicted octanol–water partition coefficient (Wildman–Crippen LogP) is 2.08. The van der Waals surface area contributed by atoms with E-state index in [1.54, 1.807) is 7.11 Å². The Kier molecular flexibility index (Phi) is 4.83. The van der Waals surface area contributed by atoms with Crippen molar-refractivity contribution in [1.82, 2.24) is 5.32 Å². The molecule has 0 aliphatic rings. The molecule has 0 fully saturated rings. The van der Waals surface area contributed by atoms with Crippen LogP contribution in [0.4, 0.5) is 0 Å². The lowest BCUT2D eigenvalue weighted by Gasteiger charge is -2.05. The summed E-state index contributed by atoms with van der Waals surface area (Å²) in [6.45, 7) is 2.37. The van der Waals surface area contributed by atoms with Gasteiger partial charge in [-0.1, -0.05) is 29.8 Å². The average molecular weight is 200 g/mol. The largest absolute Gasteiger partial charge is 0.383 e. The van der Waals surface area contributed by atoms with Crippen LogP contribution >= 0.6 is 11.6 Å². The van der Waals surface area contributed by atoms with Crippen LogP contribution < -0.4 is 5.32 Å². The molecule has 0 unspecified atom stereocenters. The summed E-state index contributed by atoms with van der Waals surface area (Å²) in [5.74, 6) is 0. The Morgan fingerprint density at radius 2 is 2.15 bits per heavy atom. The second-order valence-corrected chi connectivity index (χ2v) is 3.17. The lowest BCUT2D eigenvalue weighted by Crippen LogP contribution is -2.18. The van der Waals surface area contributed by atoms with E-state index in [0.29, 0.717) is 0 Å². The van der Waals surface area contributed by atoms with Crippen LogP contribution in [-0.2, 0) is 11.3 Å². The summed E-state index contributed by atoms with van der Waals surface area (Å²) >= 11 is 5.97. The monoisotopic (exact) mass is 199 g/mol. The molecular formula is C10H14ClNO. The first-order valence-corrected chi connectivity index (χ1v) is 4.65. The Bertz CT molecular complexity index is 252. The van der Waals surface area contributed by atoms with E-state index in [0.717, 1.165) is 30.3 Å². The lowest BCUT2D eigenvalue weighted by atomic mass is 10.2. The molecule has 13 heavy (non-hydrogen) atoms. The Labute approximate surface area is 83.9 Å². The number of hydrogen-bond acceptors (Lipinski definition) is 2. The van der Waals surface area contributed by atoms with Crippen molar-refractivity contribution in [3.8, 4) is 0 Å². The topological polar surface area (TPSA) is 21.3 Å². The minimum atomic E-state index is 0.727. The highest BCUT2D eigenvalue weighted by Gasteiger charge is 1.96. The van der Waals surface area contributed by atoms with Crippen molar-refractivity contribution in [2.75, 3.05) is 20.3 Å². The predicted molar refractivity (Wildman–Crippen MR) is 55.0 cm³/mol. The van der Waals surface area contributed by atoms with Gasteiger partial charge in [0.2, 0.25) is 0 Å². The van der Waals surface area contributed by atoms with Crippen molar-refractivity contribution >= 4 is 11.6 Å². The number of benzene rings is 1. The van der Waals surface area contributed by atoms with Gasteiger partial charge in [0.05, 0.1) is 6.61 Å². The second kappa shape index (κ2) is 5.97. The smallest absolute Gasteiger partial charge is 0.0587 e. The molecule has 1 rings (SSSR count). The van der Waals surface area contributed by atoms with E-state index in [4.69, 9.17) is 16.3 Å². The van der Waals surface area contributed by atoms with Crippen molar-refractivity contribution in [3.05, 3.63) is 34.9 Å². The average Bonchev–Trinajstić information content (AvgIpc) is 2.15. The molecule has 0 aliphatic carbocycles. The van der Waals surface area contributed by atoms with E-state index < -0.39 is 0 Å². The van der Waals surface area contributed by atoms with Gasteiger partial charge < -0.3 is 10.1 Å². The van der Waals surface area contributed by atoms with Crippen LogP contribution in [0.2, 0.25) is 5.02 Å². The van der Waals surface area contributed by atoms with E-state index >= 15 is 0 Å². The van der Waals surface area contributed by atoms with E-state index in [9.17, 15) is 0 Å². The van der Waals surface area contributed by atoms with Crippen LogP contribution in [0, 0.1) is 0 Å². The van der Waals surface area contributed by atoms with Crippen LogP contribution in [0.1, 0.15) is 5.56 Å². The lowest BCUT2D eigenvalue weighted by molar-refractivity contribution is 0.199. The first kappa shape index (κ1) is 10.5. The fourth-order valence-electron chi connectivity index (χ4n) is 1.04. The molecule has 0 heterocycles. The fraction of sp³-hybridized carbons (Fsp3) is 0.400. The van der Waals surface area contributed by atoms with Crippen molar-refractivity contribution < 1.29 is 4.74 Å². The van der Waals surface area contributed by atoms with Crippen molar-refractivity contribution in [2.24, 2.45) is 0 Å². The molecule has 0 amide bonds. The molecular weight excluding hydrogens is 186 g/mol. The first-order chi connectivity index (χ1) is 6.34. The van der Waals surface area contributed by atoms with Crippen molar-refractivity contribution in [2.45, 2.75) is 6.54 Å². The fourth-order valence-corrected chi connectivity index (χ4v) is 1.24. The van der Waals surface area contributed by atoms with Gasteiger partial charge in [0.1, 0.15) is 0 Å². The van der Waals surface area contributed by atoms with Crippen LogP contribution in [0.5, 0.6) is 0 Å². The number of methoxy groups -OCH3 is 1. The molecule has 0 saturated heterocycles. The SMILES string of the molecule is COCCNCc1ccccc1Cl. The number of ether oxygens (including phenoxy) is 1. The van der Waals surface area contributed by atoms with E-state index in [-0.39, 0.29) is 0 Å². The highest BCUT2D eigenvalue weighted by Crippen LogP contribution is 2.13. The summed E-state index contributed by atoms with van der Waals surface area (Å²) in [5.41, 5.74) is 1.13. The van der Waals surface area contributed by atoms with Gasteiger partial charge in [-0.3, -0.25) is 0 Å². The van der Waals surface area contributed by atoms with Gasteiger partial charge in [0.25, 0.3) is 0 Å². The Balaban J connectivity index is 2.32. The molecule has 1 aromatic rings. The van der Waals surface area contributed by atoms with Gasteiger partial charge in [0.15, 0.2) is 0 Å². The third-order valence-corrected chi connectivity index (χ3v) is 2.12. The summed E-state index contributed by atoms with van der Waals surface area (Å²) in [4.78, 5) is 0. The van der Waals surface area contributed by atoms with Gasteiger partial charge in [-0.2, -0.15) is 0 Å². The molecule has 72 valence electrons. The zero-order valence-electron chi connectivity index (χ0n) is 7.72. The standard InChI is InChI=1S/C10H14ClNO/c1-13-7-6-12-8-9-4-2-3-5-10(9)11/h2-5,12H,6-8H2,1H3. The zero-order chi connectivity index (χ0) is 9.52. The van der Waals surface area contributed by atoms with E-state index in [2.05, 4.69) is 5.32 Å². The highest BCUT2D eigenvalue weighted by molar-refractivity contribution is 6.31. The molecule has 1 aromatic carbocycles. The number of nitrogens with one attached hydrogen (secondary N) is 1. The van der Waals surface area contributed by atoms with Crippen molar-refractivity contribution in [3.63, 3.8) is 0 Å². The quantitative estimate of drug-likeness (QED) is 0.734. The molecule has 0 aromatic heterocycles. The molecule has 0 bridgehead atoms. The first-order valence-electron chi connectivity index (χ1n) is 4.27. The van der Waals surface area contributed by atoms with E-state index in [1.165, 1.54) is 0 Å². The Hall–Kier alpha value is -0.570. The summed E-state index contributed by atoms with van der Waals surface area (Å²) in [6, 6.07) is 7.83. The van der Waals surface area contributed by atoms with Gasteiger partial charge in [-0.25, -0.2) is 0 Å². The minimum absolute atomic E-state index is 0.727. The summed E-state index contributed by atoms with van der Waals surface area (Å²) < 4.78 is 4.91. The second-order valence-electron chi connectivity index (χ2n) is 2.76. The van der Waals surface area contributed by atoms with Gasteiger partial charge in [-0.15, -0.1) is 0 Å². The summed E-state index contributed by atoms with van der Waals surface area (Å²) in [6.07, 6.45) is 0. The molecule has 3 heteroatoms. The third-order valence-electron chi connectivity index (χ3n) is 1.76. The molecule has 0 radical (unpaired) electrons. The molecule has 0 atom stereocenters. The normalized spacial score (nSPS) is 10.3. The highest BCUT2D eigenvalue weighted by atomic mass is 35.5. The number of halogens is 1. The molecule has 2 nitrogen and oxygen atoms in total. The van der Waals surface area contributed by atoms with E-state index in [1.807, 2.05) is 24.3 Å². The summed E-state index contributed by atoms with van der Waals surface area (Å²) in [7, 11) is 1.69. The Morgan fingerprint density at radius 1 is 1.38 bits per heavy atom. The maximum absolute atomic E-state index is 5.97. The van der Waals surface area contributed by atoms with Crippen LogP contribution in [0.3, 0.4) is 0 Å². The maximum Gasteiger partial charge on any atom is 0.0587 e. The van der Waals surface area contributed by atoms with Gasteiger partial charge in [-0.05, 0) is 11.6 Å². The zero-order valence-corrected chi connectivity index (χ0v) is 8.47. The van der Waals surface area contributed by atoms with Crippen LogP contribution in [0.25, 0.3) is 0 Å². The van der Waals surface area contributed by atoms with Crippen LogP contribution in [0.15, 0.2) is 24.3 Å². The van der Waals surface area contributed by atoms with Gasteiger partial charge in [0, 0.05) is 25.2 Å². The molecule has 0 saturated carbocycles. The molecule has 0 spiro atoms. The minimum Gasteiger partial charge on any atom is -0.383 e. The third kappa shape index (κ3) is 3.77. The molecule has 0 aliphatic heterocycles. The van der Waals surface area contributed by atoms with Crippen molar-refractivity contribution in [1.29, 1.82) is 0 Å². The summed E-state index contributed by atoms with van der Waals surface area (Å²) in [5, 5.41) is 4.05. The maximum atomic E-state index is 5.97.